The Bertz CT molecular complexity index is 357. The van der Waals surface area contributed by atoms with E-state index in [1.807, 2.05) is 11.3 Å². The fraction of sp³-hybridized carbons (Fsp3) is 0.750. The zero-order chi connectivity index (χ0) is 12.9. The molecule has 1 saturated heterocycles. The molecule has 0 aromatic carbocycles. The summed E-state index contributed by atoms with van der Waals surface area (Å²) in [6.07, 6.45) is 9.81. The molecule has 2 nitrogen and oxygen atoms in total. The molecular formula is C16H26N2S. The molecule has 1 saturated carbocycles. The summed E-state index contributed by atoms with van der Waals surface area (Å²) >= 11 is 1.87. The zero-order valence-electron chi connectivity index (χ0n) is 11.7. The molecule has 2 N–H and O–H groups in total. The van der Waals surface area contributed by atoms with Crippen molar-refractivity contribution in [2.45, 2.75) is 63.6 Å². The van der Waals surface area contributed by atoms with Crippen LogP contribution in [0.15, 0.2) is 17.5 Å². The maximum atomic E-state index is 3.84. The normalized spacial score (nSPS) is 32.3. The molecule has 1 aromatic heterocycles. The SMILES string of the molecule is c1csc(CNC2CCCCC2C2CCCCN2)c1. The van der Waals surface area contributed by atoms with Crippen molar-refractivity contribution in [3.8, 4) is 0 Å². The van der Waals surface area contributed by atoms with E-state index in [1.165, 1.54) is 56.4 Å². The van der Waals surface area contributed by atoms with Crippen molar-refractivity contribution in [2.75, 3.05) is 6.54 Å². The van der Waals surface area contributed by atoms with Gasteiger partial charge in [-0.3, -0.25) is 0 Å². The molecule has 1 aromatic rings. The van der Waals surface area contributed by atoms with Gasteiger partial charge in [-0.05, 0) is 49.6 Å². The van der Waals surface area contributed by atoms with Crippen LogP contribution in [0.1, 0.15) is 49.8 Å². The number of thiophene rings is 1. The summed E-state index contributed by atoms with van der Waals surface area (Å²) in [6, 6.07) is 5.90. The highest BCUT2D eigenvalue weighted by molar-refractivity contribution is 7.09. The molecule has 0 bridgehead atoms. The first-order valence-corrected chi connectivity index (χ1v) is 8.80. The molecule has 3 unspecified atom stereocenters. The Hall–Kier alpha value is -0.380. The summed E-state index contributed by atoms with van der Waals surface area (Å²) in [4.78, 5) is 1.47. The van der Waals surface area contributed by atoms with Gasteiger partial charge in [0.1, 0.15) is 0 Å². The first-order valence-electron chi connectivity index (χ1n) is 7.92. The fourth-order valence-electron chi connectivity index (χ4n) is 3.78. The van der Waals surface area contributed by atoms with Crippen LogP contribution in [-0.4, -0.2) is 18.6 Å². The Morgan fingerprint density at radius 1 is 1.16 bits per heavy atom. The van der Waals surface area contributed by atoms with Gasteiger partial charge >= 0.3 is 0 Å². The Kier molecular flexibility index (Phi) is 4.91. The largest absolute Gasteiger partial charge is 0.314 e. The van der Waals surface area contributed by atoms with Gasteiger partial charge in [0.15, 0.2) is 0 Å². The maximum absolute atomic E-state index is 3.84. The van der Waals surface area contributed by atoms with Crippen LogP contribution in [0.5, 0.6) is 0 Å². The van der Waals surface area contributed by atoms with Crippen LogP contribution in [-0.2, 0) is 6.54 Å². The second-order valence-corrected chi connectivity index (χ2v) is 7.10. The van der Waals surface area contributed by atoms with Crippen molar-refractivity contribution in [3.63, 3.8) is 0 Å². The molecule has 2 fully saturated rings. The lowest BCUT2D eigenvalue weighted by Gasteiger charge is -2.40. The summed E-state index contributed by atoms with van der Waals surface area (Å²) in [5.41, 5.74) is 0. The van der Waals surface area contributed by atoms with Gasteiger partial charge in [0, 0.05) is 23.5 Å². The summed E-state index contributed by atoms with van der Waals surface area (Å²) in [7, 11) is 0. The minimum atomic E-state index is 0.728. The predicted octanol–water partition coefficient (Wildman–Crippen LogP) is 3.54. The van der Waals surface area contributed by atoms with Crippen LogP contribution in [0.25, 0.3) is 0 Å². The highest BCUT2D eigenvalue weighted by Gasteiger charge is 2.32. The first-order chi connectivity index (χ1) is 9.43. The summed E-state index contributed by atoms with van der Waals surface area (Å²) in [5.74, 6) is 0.856. The lowest BCUT2D eigenvalue weighted by atomic mass is 9.77. The van der Waals surface area contributed by atoms with E-state index in [9.17, 15) is 0 Å². The summed E-state index contributed by atoms with van der Waals surface area (Å²) in [6.45, 7) is 2.30. The van der Waals surface area contributed by atoms with Gasteiger partial charge in [-0.2, -0.15) is 0 Å². The second kappa shape index (κ2) is 6.87. The van der Waals surface area contributed by atoms with E-state index in [1.54, 1.807) is 0 Å². The predicted molar refractivity (Wildman–Crippen MR) is 82.5 cm³/mol. The van der Waals surface area contributed by atoms with Crippen LogP contribution < -0.4 is 10.6 Å². The third kappa shape index (κ3) is 3.59. The molecule has 1 aliphatic carbocycles. The van der Waals surface area contributed by atoms with Crippen molar-refractivity contribution in [1.82, 2.24) is 10.6 Å². The lowest BCUT2D eigenvalue weighted by Crippen LogP contribution is -2.50. The number of hydrogen-bond donors (Lipinski definition) is 2. The zero-order valence-corrected chi connectivity index (χ0v) is 12.6. The molecule has 19 heavy (non-hydrogen) atoms. The summed E-state index contributed by atoms with van der Waals surface area (Å²) < 4.78 is 0. The third-order valence-corrected chi connectivity index (χ3v) is 5.68. The van der Waals surface area contributed by atoms with Crippen LogP contribution in [0.4, 0.5) is 0 Å². The molecule has 106 valence electrons. The van der Waals surface area contributed by atoms with E-state index < -0.39 is 0 Å². The van der Waals surface area contributed by atoms with E-state index >= 15 is 0 Å². The highest BCUT2D eigenvalue weighted by Crippen LogP contribution is 2.30. The van der Waals surface area contributed by atoms with E-state index in [2.05, 4.69) is 28.1 Å². The van der Waals surface area contributed by atoms with Crippen LogP contribution in [0, 0.1) is 5.92 Å². The van der Waals surface area contributed by atoms with Crippen molar-refractivity contribution >= 4 is 11.3 Å². The summed E-state index contributed by atoms with van der Waals surface area (Å²) in [5, 5.41) is 9.79. The van der Waals surface area contributed by atoms with Gasteiger partial charge in [0.05, 0.1) is 0 Å². The number of hydrogen-bond acceptors (Lipinski definition) is 3. The van der Waals surface area contributed by atoms with Crippen LogP contribution in [0.2, 0.25) is 0 Å². The smallest absolute Gasteiger partial charge is 0.0302 e. The fourth-order valence-corrected chi connectivity index (χ4v) is 4.44. The third-order valence-electron chi connectivity index (χ3n) is 4.80. The number of piperidine rings is 1. The molecule has 0 spiro atoms. The molecule has 3 heteroatoms. The van der Waals surface area contributed by atoms with E-state index in [-0.39, 0.29) is 0 Å². The number of rotatable bonds is 4. The molecule has 3 rings (SSSR count). The monoisotopic (exact) mass is 278 g/mol. The lowest BCUT2D eigenvalue weighted by molar-refractivity contribution is 0.181. The molecule has 0 amide bonds. The molecule has 2 aliphatic rings. The van der Waals surface area contributed by atoms with Crippen molar-refractivity contribution in [2.24, 2.45) is 5.92 Å². The molecule has 1 aliphatic heterocycles. The van der Waals surface area contributed by atoms with Gasteiger partial charge in [0.25, 0.3) is 0 Å². The quantitative estimate of drug-likeness (QED) is 0.880. The van der Waals surface area contributed by atoms with Crippen LogP contribution in [0.3, 0.4) is 0 Å². The van der Waals surface area contributed by atoms with E-state index in [0.717, 1.165) is 24.5 Å². The standard InChI is InChI=1S/C16H26N2S/c1-2-8-16(18-12-13-6-5-11-19-13)14(7-1)15-9-3-4-10-17-15/h5-6,11,14-18H,1-4,7-10,12H2. The van der Waals surface area contributed by atoms with Gasteiger partial charge in [-0.15, -0.1) is 11.3 Å². The minimum Gasteiger partial charge on any atom is -0.314 e. The van der Waals surface area contributed by atoms with Gasteiger partial charge in [-0.1, -0.05) is 25.3 Å². The number of nitrogens with one attached hydrogen (secondary N) is 2. The Labute approximate surface area is 121 Å². The Morgan fingerprint density at radius 2 is 2.05 bits per heavy atom. The average molecular weight is 278 g/mol. The van der Waals surface area contributed by atoms with Gasteiger partial charge in [0.2, 0.25) is 0 Å². The van der Waals surface area contributed by atoms with Crippen molar-refractivity contribution in [3.05, 3.63) is 22.4 Å². The van der Waals surface area contributed by atoms with Gasteiger partial charge < -0.3 is 10.6 Å². The van der Waals surface area contributed by atoms with E-state index in [4.69, 9.17) is 0 Å². The highest BCUT2D eigenvalue weighted by atomic mass is 32.1. The Balaban J connectivity index is 1.56. The first kappa shape index (κ1) is 13.6. The van der Waals surface area contributed by atoms with Crippen molar-refractivity contribution < 1.29 is 0 Å². The minimum absolute atomic E-state index is 0.728. The second-order valence-electron chi connectivity index (χ2n) is 6.07. The molecule has 3 atom stereocenters. The molecular weight excluding hydrogens is 252 g/mol. The Morgan fingerprint density at radius 3 is 2.84 bits per heavy atom. The molecule has 2 heterocycles. The van der Waals surface area contributed by atoms with E-state index in [0.29, 0.717) is 0 Å². The van der Waals surface area contributed by atoms with Gasteiger partial charge in [-0.25, -0.2) is 0 Å². The van der Waals surface area contributed by atoms with Crippen LogP contribution >= 0.6 is 11.3 Å². The average Bonchev–Trinajstić information content (AvgIpc) is 3.00. The maximum Gasteiger partial charge on any atom is 0.0302 e. The molecule has 0 radical (unpaired) electrons. The van der Waals surface area contributed by atoms with Crippen molar-refractivity contribution in [1.29, 1.82) is 0 Å². The topological polar surface area (TPSA) is 24.1 Å².